The zero-order valence-corrected chi connectivity index (χ0v) is 11.8. The molecule has 0 atom stereocenters. The number of benzene rings is 1. The van der Waals surface area contributed by atoms with E-state index < -0.39 is 0 Å². The van der Waals surface area contributed by atoms with Crippen LogP contribution in [0, 0.1) is 12.3 Å². The number of carbonyl (C=O) groups excluding carboxylic acids is 1. The molecule has 1 aromatic carbocycles. The molecule has 0 unspecified atom stereocenters. The van der Waals surface area contributed by atoms with Gasteiger partial charge < -0.3 is 15.6 Å². The molecule has 0 saturated carbocycles. The third kappa shape index (κ3) is 2.58. The molecule has 0 spiro atoms. The number of aromatic nitrogens is 1. The number of anilines is 1. The highest BCUT2D eigenvalue weighted by molar-refractivity contribution is 6.00. The number of aromatic amines is 1. The number of nitrogen functional groups attached to an aromatic ring is 1. The molecule has 3 N–H and O–H groups in total. The van der Waals surface area contributed by atoms with Crippen molar-refractivity contribution < 1.29 is 4.79 Å². The molecule has 0 aliphatic carbocycles. The van der Waals surface area contributed by atoms with E-state index in [2.05, 4.69) is 15.8 Å². The Bertz CT molecular complexity index is 705. The van der Waals surface area contributed by atoms with Crippen LogP contribution in [0.5, 0.6) is 0 Å². The molecule has 0 bridgehead atoms. The van der Waals surface area contributed by atoms with Gasteiger partial charge >= 0.3 is 0 Å². The van der Waals surface area contributed by atoms with Gasteiger partial charge in [0.15, 0.2) is 0 Å². The van der Waals surface area contributed by atoms with E-state index in [1.807, 2.05) is 29.2 Å². The van der Waals surface area contributed by atoms with Gasteiger partial charge in [0.05, 0.1) is 17.7 Å². The predicted molar refractivity (Wildman–Crippen MR) is 83.9 cm³/mol. The van der Waals surface area contributed by atoms with Crippen LogP contribution in [-0.2, 0) is 0 Å². The standard InChI is InChI=1S/C16H18N4O/c1-2-6-19-7-9-20(10-8-19)16(21)14-11-12-4-3-5-13(17)15(12)18-14/h1,3-5,11,18H,6-10,17H2. The predicted octanol–water partition coefficient (Wildman–Crippen LogP) is 1.14. The van der Waals surface area contributed by atoms with Gasteiger partial charge in [-0.3, -0.25) is 9.69 Å². The van der Waals surface area contributed by atoms with Gasteiger partial charge in [-0.25, -0.2) is 0 Å². The first kappa shape index (κ1) is 13.5. The van der Waals surface area contributed by atoms with Crippen molar-refractivity contribution in [3.63, 3.8) is 0 Å². The molecular formula is C16H18N4O. The molecule has 1 fully saturated rings. The van der Waals surface area contributed by atoms with E-state index in [0.717, 1.165) is 24.0 Å². The van der Waals surface area contributed by atoms with Crippen molar-refractivity contribution in [2.45, 2.75) is 0 Å². The molecule has 1 aliphatic heterocycles. The molecular weight excluding hydrogens is 264 g/mol. The van der Waals surface area contributed by atoms with Gasteiger partial charge in [0.1, 0.15) is 5.69 Å². The number of nitrogens with zero attached hydrogens (tertiary/aromatic N) is 2. The van der Waals surface area contributed by atoms with Crippen LogP contribution in [0.1, 0.15) is 10.5 Å². The number of piperazine rings is 1. The highest BCUT2D eigenvalue weighted by Crippen LogP contribution is 2.22. The van der Waals surface area contributed by atoms with Crippen molar-refractivity contribution >= 4 is 22.5 Å². The van der Waals surface area contributed by atoms with Gasteiger partial charge in [0.25, 0.3) is 5.91 Å². The second-order valence-electron chi connectivity index (χ2n) is 5.27. The number of rotatable bonds is 2. The molecule has 1 aromatic heterocycles. The lowest BCUT2D eigenvalue weighted by molar-refractivity contribution is 0.0647. The smallest absolute Gasteiger partial charge is 0.270 e. The summed E-state index contributed by atoms with van der Waals surface area (Å²) in [5, 5.41) is 0.962. The topological polar surface area (TPSA) is 65.4 Å². The molecule has 0 radical (unpaired) electrons. The monoisotopic (exact) mass is 282 g/mol. The number of H-pyrrole nitrogens is 1. The second kappa shape index (κ2) is 5.51. The summed E-state index contributed by atoms with van der Waals surface area (Å²) in [4.78, 5) is 19.7. The molecule has 5 heteroatoms. The molecule has 2 heterocycles. The van der Waals surface area contributed by atoms with Gasteiger partial charge in [0.2, 0.25) is 0 Å². The quantitative estimate of drug-likeness (QED) is 0.641. The van der Waals surface area contributed by atoms with Crippen LogP contribution in [0.3, 0.4) is 0 Å². The van der Waals surface area contributed by atoms with Crippen molar-refractivity contribution in [3.05, 3.63) is 30.0 Å². The number of terminal acetylenes is 1. The number of amides is 1. The molecule has 1 amide bonds. The summed E-state index contributed by atoms with van der Waals surface area (Å²) in [7, 11) is 0. The Morgan fingerprint density at radius 2 is 2.10 bits per heavy atom. The Hall–Kier alpha value is -2.45. The summed E-state index contributed by atoms with van der Waals surface area (Å²) >= 11 is 0. The van der Waals surface area contributed by atoms with Crippen LogP contribution >= 0.6 is 0 Å². The summed E-state index contributed by atoms with van der Waals surface area (Å²) in [5.41, 5.74) is 7.99. The summed E-state index contributed by atoms with van der Waals surface area (Å²) < 4.78 is 0. The van der Waals surface area contributed by atoms with Gasteiger partial charge in [-0.15, -0.1) is 6.42 Å². The van der Waals surface area contributed by atoms with Gasteiger partial charge in [-0.05, 0) is 12.1 Å². The number of nitrogens with two attached hydrogens (primary N) is 1. The van der Waals surface area contributed by atoms with Gasteiger partial charge in [0, 0.05) is 31.6 Å². The van der Waals surface area contributed by atoms with Gasteiger partial charge in [-0.1, -0.05) is 18.1 Å². The van der Waals surface area contributed by atoms with Crippen LogP contribution in [-0.4, -0.2) is 53.4 Å². The van der Waals surface area contributed by atoms with Crippen molar-refractivity contribution in [2.75, 3.05) is 38.5 Å². The fourth-order valence-corrected chi connectivity index (χ4v) is 2.70. The number of hydrogen-bond donors (Lipinski definition) is 2. The minimum Gasteiger partial charge on any atom is -0.397 e. The highest BCUT2D eigenvalue weighted by atomic mass is 16.2. The minimum absolute atomic E-state index is 0.0194. The van der Waals surface area contributed by atoms with E-state index in [-0.39, 0.29) is 5.91 Å². The number of hydrogen-bond acceptors (Lipinski definition) is 3. The third-order valence-corrected chi connectivity index (χ3v) is 3.89. The zero-order valence-electron chi connectivity index (χ0n) is 11.8. The van der Waals surface area contributed by atoms with Crippen LogP contribution in [0.15, 0.2) is 24.3 Å². The maximum Gasteiger partial charge on any atom is 0.270 e. The van der Waals surface area contributed by atoms with E-state index in [4.69, 9.17) is 12.2 Å². The average molecular weight is 282 g/mol. The molecule has 21 heavy (non-hydrogen) atoms. The maximum atomic E-state index is 12.5. The summed E-state index contributed by atoms with van der Waals surface area (Å²) in [5.74, 6) is 2.66. The van der Waals surface area contributed by atoms with Gasteiger partial charge in [-0.2, -0.15) is 0 Å². The van der Waals surface area contributed by atoms with E-state index in [9.17, 15) is 4.79 Å². The normalized spacial score (nSPS) is 16.0. The van der Waals surface area contributed by atoms with Crippen molar-refractivity contribution in [3.8, 4) is 12.3 Å². The first-order valence-corrected chi connectivity index (χ1v) is 7.01. The van der Waals surface area contributed by atoms with Crippen LogP contribution < -0.4 is 5.73 Å². The lowest BCUT2D eigenvalue weighted by atomic mass is 10.2. The number of nitrogens with one attached hydrogen (secondary N) is 1. The van der Waals surface area contributed by atoms with Crippen molar-refractivity contribution in [1.29, 1.82) is 0 Å². The average Bonchev–Trinajstić information content (AvgIpc) is 2.93. The third-order valence-electron chi connectivity index (χ3n) is 3.89. The molecule has 3 rings (SSSR count). The van der Waals surface area contributed by atoms with E-state index in [1.165, 1.54) is 0 Å². The second-order valence-corrected chi connectivity index (χ2v) is 5.27. The lowest BCUT2D eigenvalue weighted by Gasteiger charge is -2.33. The molecule has 2 aromatic rings. The summed E-state index contributed by atoms with van der Waals surface area (Å²) in [6, 6.07) is 7.52. The summed E-state index contributed by atoms with van der Waals surface area (Å²) in [6.45, 7) is 3.68. The minimum atomic E-state index is 0.0194. The molecule has 5 nitrogen and oxygen atoms in total. The first-order chi connectivity index (χ1) is 10.2. The van der Waals surface area contributed by atoms with Crippen LogP contribution in [0.4, 0.5) is 5.69 Å². The molecule has 1 aliphatic rings. The van der Waals surface area contributed by atoms with Crippen molar-refractivity contribution in [1.82, 2.24) is 14.8 Å². The van der Waals surface area contributed by atoms with Crippen molar-refractivity contribution in [2.24, 2.45) is 0 Å². The van der Waals surface area contributed by atoms with E-state index in [0.29, 0.717) is 31.0 Å². The number of para-hydroxylation sites is 1. The Balaban J connectivity index is 1.76. The number of fused-ring (bicyclic) bond motifs is 1. The maximum absolute atomic E-state index is 12.5. The fourth-order valence-electron chi connectivity index (χ4n) is 2.70. The highest BCUT2D eigenvalue weighted by Gasteiger charge is 2.22. The zero-order chi connectivity index (χ0) is 14.8. The first-order valence-electron chi connectivity index (χ1n) is 7.01. The van der Waals surface area contributed by atoms with Crippen LogP contribution in [0.2, 0.25) is 0 Å². The van der Waals surface area contributed by atoms with Crippen LogP contribution in [0.25, 0.3) is 10.9 Å². The SMILES string of the molecule is C#CCN1CCN(C(=O)c2cc3cccc(N)c3[nH]2)CC1. The Morgan fingerprint density at radius 1 is 1.33 bits per heavy atom. The largest absolute Gasteiger partial charge is 0.397 e. The lowest BCUT2D eigenvalue weighted by Crippen LogP contribution is -2.48. The Morgan fingerprint density at radius 3 is 2.76 bits per heavy atom. The van der Waals surface area contributed by atoms with E-state index >= 15 is 0 Å². The Kier molecular flexibility index (Phi) is 3.55. The summed E-state index contributed by atoms with van der Waals surface area (Å²) in [6.07, 6.45) is 5.31. The molecule has 108 valence electrons. The Labute approximate surface area is 123 Å². The number of carbonyl (C=O) groups is 1. The fraction of sp³-hybridized carbons (Fsp3) is 0.312. The molecule has 1 saturated heterocycles. The van der Waals surface area contributed by atoms with E-state index in [1.54, 1.807) is 0 Å².